The Balaban J connectivity index is 1.76. The van der Waals surface area contributed by atoms with E-state index in [1.54, 1.807) is 30.3 Å². The zero-order valence-electron chi connectivity index (χ0n) is 14.8. The highest BCUT2D eigenvalue weighted by atomic mass is 79.9. The van der Waals surface area contributed by atoms with Crippen LogP contribution in [0.3, 0.4) is 0 Å². The summed E-state index contributed by atoms with van der Waals surface area (Å²) in [6, 6.07) is 11.1. The van der Waals surface area contributed by atoms with Crippen LogP contribution >= 0.6 is 15.9 Å². The SMILES string of the molecule is COc1cc(/C=C/C(=O)OCC(=O)NNC(=O)c2ccc(Br)cc2)ccc1O. The molecule has 0 fully saturated rings. The molecule has 0 saturated heterocycles. The summed E-state index contributed by atoms with van der Waals surface area (Å²) in [7, 11) is 1.41. The number of amides is 2. The Bertz CT molecular complexity index is 896. The standard InChI is InChI=1S/C19H17BrN2O6/c1-27-16-10-12(2-8-15(16)23)3-9-18(25)28-11-17(24)21-22-19(26)13-4-6-14(20)7-5-13/h2-10,23H,11H2,1H3,(H,21,24)(H,22,26)/b9-3+. The van der Waals surface area contributed by atoms with Gasteiger partial charge in [0.2, 0.25) is 0 Å². The third-order valence-electron chi connectivity index (χ3n) is 3.38. The quantitative estimate of drug-likeness (QED) is 0.354. The molecule has 146 valence electrons. The summed E-state index contributed by atoms with van der Waals surface area (Å²) in [5.41, 5.74) is 5.32. The minimum Gasteiger partial charge on any atom is -0.504 e. The van der Waals surface area contributed by atoms with E-state index in [4.69, 9.17) is 9.47 Å². The van der Waals surface area contributed by atoms with Crippen LogP contribution in [0, 0.1) is 0 Å². The topological polar surface area (TPSA) is 114 Å². The maximum atomic E-state index is 11.8. The lowest BCUT2D eigenvalue weighted by molar-refractivity contribution is -0.144. The molecule has 0 atom stereocenters. The van der Waals surface area contributed by atoms with E-state index in [0.717, 1.165) is 10.5 Å². The summed E-state index contributed by atoms with van der Waals surface area (Å²) in [6.45, 7) is -0.567. The second-order valence-electron chi connectivity index (χ2n) is 5.38. The zero-order chi connectivity index (χ0) is 20.5. The number of carbonyl (C=O) groups is 3. The summed E-state index contributed by atoms with van der Waals surface area (Å²) >= 11 is 3.26. The van der Waals surface area contributed by atoms with Gasteiger partial charge in [-0.05, 0) is 48.0 Å². The normalized spacial score (nSPS) is 10.4. The largest absolute Gasteiger partial charge is 0.504 e. The lowest BCUT2D eigenvalue weighted by atomic mass is 10.2. The van der Waals surface area contributed by atoms with Gasteiger partial charge in [0.1, 0.15) is 0 Å². The first kappa shape index (κ1) is 21.0. The first-order chi connectivity index (χ1) is 13.4. The van der Waals surface area contributed by atoms with E-state index in [2.05, 4.69) is 26.8 Å². The van der Waals surface area contributed by atoms with Gasteiger partial charge >= 0.3 is 5.97 Å². The number of rotatable bonds is 6. The van der Waals surface area contributed by atoms with Crippen molar-refractivity contribution in [3.63, 3.8) is 0 Å². The number of aromatic hydroxyl groups is 1. The van der Waals surface area contributed by atoms with Gasteiger partial charge in [-0.1, -0.05) is 22.0 Å². The number of phenolic OH excluding ortho intramolecular Hbond substituents is 1. The molecule has 2 amide bonds. The van der Waals surface area contributed by atoms with Gasteiger partial charge in [0, 0.05) is 16.1 Å². The number of phenols is 1. The van der Waals surface area contributed by atoms with Crippen LogP contribution < -0.4 is 15.6 Å². The number of halogens is 1. The van der Waals surface area contributed by atoms with Gasteiger partial charge in [-0.3, -0.25) is 20.4 Å². The first-order valence-electron chi connectivity index (χ1n) is 7.95. The highest BCUT2D eigenvalue weighted by molar-refractivity contribution is 9.10. The van der Waals surface area contributed by atoms with Crippen molar-refractivity contribution in [1.29, 1.82) is 0 Å². The highest BCUT2D eigenvalue weighted by Gasteiger charge is 2.09. The van der Waals surface area contributed by atoms with Gasteiger partial charge in [-0.15, -0.1) is 0 Å². The van der Waals surface area contributed by atoms with Gasteiger partial charge in [0.25, 0.3) is 11.8 Å². The van der Waals surface area contributed by atoms with Crippen molar-refractivity contribution >= 4 is 39.8 Å². The van der Waals surface area contributed by atoms with Crippen molar-refractivity contribution in [2.45, 2.75) is 0 Å². The number of methoxy groups -OCH3 is 1. The van der Waals surface area contributed by atoms with Crippen molar-refractivity contribution in [2.24, 2.45) is 0 Å². The molecule has 0 bridgehead atoms. The Morgan fingerprint density at radius 1 is 1.11 bits per heavy atom. The van der Waals surface area contributed by atoms with E-state index >= 15 is 0 Å². The zero-order valence-corrected chi connectivity index (χ0v) is 16.4. The Hall–Kier alpha value is -3.33. The summed E-state index contributed by atoms with van der Waals surface area (Å²) in [6.07, 6.45) is 2.57. The molecule has 0 aromatic heterocycles. The Morgan fingerprint density at radius 2 is 1.82 bits per heavy atom. The minimum atomic E-state index is -0.749. The average Bonchev–Trinajstić information content (AvgIpc) is 2.70. The van der Waals surface area contributed by atoms with E-state index < -0.39 is 24.4 Å². The van der Waals surface area contributed by atoms with Crippen LogP contribution in [0.5, 0.6) is 11.5 Å². The van der Waals surface area contributed by atoms with Crippen molar-refractivity contribution < 1.29 is 29.0 Å². The molecule has 2 aromatic carbocycles. The lowest BCUT2D eigenvalue weighted by Gasteiger charge is -2.07. The molecule has 0 unspecified atom stereocenters. The fourth-order valence-electron chi connectivity index (χ4n) is 1.98. The molecule has 3 N–H and O–H groups in total. The van der Waals surface area contributed by atoms with Gasteiger partial charge in [-0.2, -0.15) is 0 Å². The number of ether oxygens (including phenoxy) is 2. The molecule has 2 rings (SSSR count). The molecular formula is C19H17BrN2O6. The van der Waals surface area contributed by atoms with Gasteiger partial charge < -0.3 is 14.6 Å². The summed E-state index contributed by atoms with van der Waals surface area (Å²) in [4.78, 5) is 35.2. The molecule has 8 nitrogen and oxygen atoms in total. The molecule has 28 heavy (non-hydrogen) atoms. The fraction of sp³-hybridized carbons (Fsp3) is 0.105. The maximum Gasteiger partial charge on any atom is 0.331 e. The molecule has 0 aliphatic carbocycles. The molecule has 9 heteroatoms. The van der Waals surface area contributed by atoms with Crippen LogP contribution in [-0.4, -0.2) is 36.6 Å². The van der Waals surface area contributed by atoms with E-state index in [-0.39, 0.29) is 11.5 Å². The van der Waals surface area contributed by atoms with E-state index in [1.807, 2.05) is 0 Å². The van der Waals surface area contributed by atoms with Crippen molar-refractivity contribution in [2.75, 3.05) is 13.7 Å². The van der Waals surface area contributed by atoms with Crippen LogP contribution in [-0.2, 0) is 14.3 Å². The number of hydrogen-bond acceptors (Lipinski definition) is 6. The molecular weight excluding hydrogens is 432 g/mol. The second-order valence-corrected chi connectivity index (χ2v) is 6.30. The number of nitrogens with one attached hydrogen (secondary N) is 2. The highest BCUT2D eigenvalue weighted by Crippen LogP contribution is 2.26. The molecule has 0 aliphatic heterocycles. The van der Waals surface area contributed by atoms with E-state index in [1.165, 1.54) is 25.3 Å². The minimum absolute atomic E-state index is 0.0240. The van der Waals surface area contributed by atoms with Crippen LogP contribution in [0.15, 0.2) is 53.0 Å². The van der Waals surface area contributed by atoms with Gasteiger partial charge in [0.05, 0.1) is 7.11 Å². The third-order valence-corrected chi connectivity index (χ3v) is 3.91. The van der Waals surface area contributed by atoms with Gasteiger partial charge in [0.15, 0.2) is 18.1 Å². The third kappa shape index (κ3) is 6.44. The molecule has 0 radical (unpaired) electrons. The smallest absolute Gasteiger partial charge is 0.331 e. The predicted molar refractivity (Wildman–Crippen MR) is 104 cm³/mol. The lowest BCUT2D eigenvalue weighted by Crippen LogP contribution is -2.43. The number of hydrogen-bond donors (Lipinski definition) is 3. The summed E-state index contributed by atoms with van der Waals surface area (Å²) < 4.78 is 10.6. The molecule has 0 spiro atoms. The number of carbonyl (C=O) groups excluding carboxylic acids is 3. The van der Waals surface area contributed by atoms with Gasteiger partial charge in [-0.25, -0.2) is 4.79 Å². The van der Waals surface area contributed by atoms with Crippen LogP contribution in [0.1, 0.15) is 15.9 Å². The van der Waals surface area contributed by atoms with E-state index in [9.17, 15) is 19.5 Å². The number of hydrazine groups is 1. The van der Waals surface area contributed by atoms with Crippen LogP contribution in [0.25, 0.3) is 6.08 Å². The Labute approximate surface area is 169 Å². The number of esters is 1. The molecule has 0 heterocycles. The molecule has 2 aromatic rings. The Morgan fingerprint density at radius 3 is 2.50 bits per heavy atom. The maximum absolute atomic E-state index is 11.8. The summed E-state index contributed by atoms with van der Waals surface area (Å²) in [5.74, 6) is -1.71. The number of benzene rings is 2. The summed E-state index contributed by atoms with van der Waals surface area (Å²) in [5, 5.41) is 9.51. The van der Waals surface area contributed by atoms with Crippen molar-refractivity contribution in [3.05, 3.63) is 64.1 Å². The molecule has 0 aliphatic rings. The Kier molecular flexibility index (Phi) is 7.58. The predicted octanol–water partition coefficient (Wildman–Crippen LogP) is 2.18. The average molecular weight is 449 g/mol. The molecule has 0 saturated carbocycles. The van der Waals surface area contributed by atoms with Crippen molar-refractivity contribution in [3.8, 4) is 11.5 Å². The fourth-order valence-corrected chi connectivity index (χ4v) is 2.25. The first-order valence-corrected chi connectivity index (χ1v) is 8.75. The van der Waals surface area contributed by atoms with E-state index in [0.29, 0.717) is 11.1 Å². The monoisotopic (exact) mass is 448 g/mol. The van der Waals surface area contributed by atoms with Crippen LogP contribution in [0.2, 0.25) is 0 Å². The van der Waals surface area contributed by atoms with Crippen LogP contribution in [0.4, 0.5) is 0 Å². The van der Waals surface area contributed by atoms with Crippen molar-refractivity contribution in [1.82, 2.24) is 10.9 Å². The second kappa shape index (κ2) is 10.1.